The molecular formula is C18H24IN3O2S. The van der Waals surface area contributed by atoms with Crippen molar-refractivity contribution in [3.05, 3.63) is 60.2 Å². The Morgan fingerprint density at radius 1 is 1.12 bits per heavy atom. The Morgan fingerprint density at radius 2 is 1.88 bits per heavy atom. The fourth-order valence-corrected chi connectivity index (χ4v) is 3.12. The number of aliphatic imine (C=N–C) groups is 1. The molecule has 7 heteroatoms. The third-order valence-electron chi connectivity index (χ3n) is 3.40. The maximum Gasteiger partial charge on any atom is 0.191 e. The summed E-state index contributed by atoms with van der Waals surface area (Å²) >= 11 is 0. The molecule has 2 aromatic carbocycles. The first-order valence-electron chi connectivity index (χ1n) is 7.74. The number of ether oxygens (including phenoxy) is 1. The molecule has 25 heavy (non-hydrogen) atoms. The second kappa shape index (κ2) is 11.9. The zero-order chi connectivity index (χ0) is 17.2. The van der Waals surface area contributed by atoms with Crippen LogP contribution in [-0.4, -0.2) is 36.6 Å². The van der Waals surface area contributed by atoms with Gasteiger partial charge in [0, 0.05) is 30.8 Å². The van der Waals surface area contributed by atoms with Gasteiger partial charge in [0.15, 0.2) is 5.96 Å². The van der Waals surface area contributed by atoms with Crippen molar-refractivity contribution in [3.63, 3.8) is 0 Å². The summed E-state index contributed by atoms with van der Waals surface area (Å²) in [5.41, 5.74) is 1.10. The SMILES string of the molecule is CN=C(NCCS(=O)c1ccccc1)NCc1cccc(OC)c1.I. The van der Waals surface area contributed by atoms with Crippen LogP contribution in [0.5, 0.6) is 5.75 Å². The van der Waals surface area contributed by atoms with Crippen molar-refractivity contribution < 1.29 is 8.95 Å². The van der Waals surface area contributed by atoms with E-state index >= 15 is 0 Å². The summed E-state index contributed by atoms with van der Waals surface area (Å²) in [5.74, 6) is 2.04. The smallest absolute Gasteiger partial charge is 0.191 e. The van der Waals surface area contributed by atoms with Gasteiger partial charge in [0.25, 0.3) is 0 Å². The minimum atomic E-state index is -1.01. The number of guanidine groups is 1. The minimum absolute atomic E-state index is 0. The van der Waals surface area contributed by atoms with Crippen LogP contribution < -0.4 is 15.4 Å². The Morgan fingerprint density at radius 3 is 2.56 bits per heavy atom. The Kier molecular flexibility index (Phi) is 10.2. The summed E-state index contributed by atoms with van der Waals surface area (Å²) in [6, 6.07) is 17.3. The predicted molar refractivity (Wildman–Crippen MR) is 114 cm³/mol. The number of halogens is 1. The van der Waals surface area contributed by atoms with E-state index in [1.54, 1.807) is 14.2 Å². The molecule has 0 radical (unpaired) electrons. The third-order valence-corrected chi connectivity index (χ3v) is 4.78. The lowest BCUT2D eigenvalue weighted by Gasteiger charge is -2.12. The second-order valence-corrected chi connectivity index (χ2v) is 6.64. The van der Waals surface area contributed by atoms with Gasteiger partial charge in [0.05, 0.1) is 17.9 Å². The zero-order valence-electron chi connectivity index (χ0n) is 14.4. The van der Waals surface area contributed by atoms with Crippen LogP contribution in [0.3, 0.4) is 0 Å². The van der Waals surface area contributed by atoms with E-state index in [-0.39, 0.29) is 24.0 Å². The van der Waals surface area contributed by atoms with E-state index in [2.05, 4.69) is 15.6 Å². The van der Waals surface area contributed by atoms with Gasteiger partial charge >= 0.3 is 0 Å². The van der Waals surface area contributed by atoms with Gasteiger partial charge in [-0.05, 0) is 29.8 Å². The summed E-state index contributed by atoms with van der Waals surface area (Å²) in [7, 11) is 2.36. The highest BCUT2D eigenvalue weighted by Gasteiger charge is 2.04. The summed E-state index contributed by atoms with van der Waals surface area (Å²) < 4.78 is 17.4. The molecule has 1 atom stereocenters. The van der Waals surface area contributed by atoms with Crippen LogP contribution in [0.4, 0.5) is 0 Å². The molecule has 136 valence electrons. The molecule has 0 saturated heterocycles. The largest absolute Gasteiger partial charge is 0.497 e. The van der Waals surface area contributed by atoms with Crippen LogP contribution in [0.1, 0.15) is 5.56 Å². The molecule has 0 heterocycles. The van der Waals surface area contributed by atoms with Gasteiger partial charge in [-0.1, -0.05) is 30.3 Å². The van der Waals surface area contributed by atoms with Gasteiger partial charge in [-0.15, -0.1) is 24.0 Å². The van der Waals surface area contributed by atoms with Gasteiger partial charge in [-0.3, -0.25) is 9.20 Å². The summed E-state index contributed by atoms with van der Waals surface area (Å²) in [6.45, 7) is 1.22. The molecule has 1 unspecified atom stereocenters. The molecule has 0 aliphatic carbocycles. The van der Waals surface area contributed by atoms with Gasteiger partial charge in [-0.2, -0.15) is 0 Å². The Balaban J connectivity index is 0.00000312. The molecule has 0 spiro atoms. The van der Waals surface area contributed by atoms with Crippen LogP contribution in [0, 0.1) is 0 Å². The molecule has 5 nitrogen and oxygen atoms in total. The zero-order valence-corrected chi connectivity index (χ0v) is 17.5. The monoisotopic (exact) mass is 473 g/mol. The number of nitrogens with one attached hydrogen (secondary N) is 2. The van der Waals surface area contributed by atoms with Crippen LogP contribution in [-0.2, 0) is 17.3 Å². The van der Waals surface area contributed by atoms with Crippen LogP contribution in [0.25, 0.3) is 0 Å². The Hall–Kier alpha value is -1.61. The van der Waals surface area contributed by atoms with Gasteiger partial charge in [-0.25, -0.2) is 0 Å². The summed E-state index contributed by atoms with van der Waals surface area (Å²) in [4.78, 5) is 5.03. The second-order valence-electron chi connectivity index (χ2n) is 5.07. The van der Waals surface area contributed by atoms with Crippen LogP contribution >= 0.6 is 24.0 Å². The molecule has 0 aliphatic rings. The summed E-state index contributed by atoms with van der Waals surface area (Å²) in [6.07, 6.45) is 0. The number of benzene rings is 2. The van der Waals surface area contributed by atoms with E-state index in [0.717, 1.165) is 16.2 Å². The molecular weight excluding hydrogens is 449 g/mol. The lowest BCUT2D eigenvalue weighted by molar-refractivity contribution is 0.414. The Labute approximate surface area is 168 Å². The van der Waals surface area contributed by atoms with E-state index in [1.165, 1.54) is 0 Å². The fourth-order valence-electron chi connectivity index (χ4n) is 2.14. The highest BCUT2D eigenvalue weighted by atomic mass is 127. The van der Waals surface area contributed by atoms with Gasteiger partial charge in [0.1, 0.15) is 5.75 Å². The topological polar surface area (TPSA) is 62.7 Å². The highest BCUT2D eigenvalue weighted by Crippen LogP contribution is 2.12. The molecule has 0 saturated carbocycles. The first-order valence-corrected chi connectivity index (χ1v) is 9.05. The third kappa shape index (κ3) is 7.43. The quantitative estimate of drug-likeness (QED) is 0.369. The lowest BCUT2D eigenvalue weighted by Crippen LogP contribution is -2.38. The van der Waals surface area contributed by atoms with Crippen molar-refractivity contribution in [3.8, 4) is 5.75 Å². The van der Waals surface area contributed by atoms with Crippen molar-refractivity contribution in [1.29, 1.82) is 0 Å². The molecule has 0 fully saturated rings. The van der Waals surface area contributed by atoms with E-state index in [4.69, 9.17) is 4.74 Å². The standard InChI is InChI=1S/C18H23N3O2S.HI/c1-19-18(21-14-15-7-6-8-16(13-15)23-2)20-11-12-24(22)17-9-4-3-5-10-17;/h3-10,13H,11-12,14H2,1-2H3,(H2,19,20,21);1H. The molecule has 0 bridgehead atoms. The fraction of sp³-hybridized carbons (Fsp3) is 0.278. The normalized spacial score (nSPS) is 12.0. The van der Waals surface area contributed by atoms with Crippen molar-refractivity contribution in [1.82, 2.24) is 10.6 Å². The number of methoxy groups -OCH3 is 1. The van der Waals surface area contributed by atoms with Gasteiger partial charge in [0.2, 0.25) is 0 Å². The van der Waals surface area contributed by atoms with E-state index < -0.39 is 10.8 Å². The van der Waals surface area contributed by atoms with Crippen molar-refractivity contribution >= 4 is 40.7 Å². The molecule has 0 aliphatic heterocycles. The lowest BCUT2D eigenvalue weighted by atomic mass is 10.2. The molecule has 2 N–H and O–H groups in total. The van der Waals surface area contributed by atoms with Crippen molar-refractivity contribution in [2.45, 2.75) is 11.4 Å². The predicted octanol–water partition coefficient (Wildman–Crippen LogP) is 2.79. The first-order chi connectivity index (χ1) is 11.7. The molecule has 2 rings (SSSR count). The van der Waals surface area contributed by atoms with E-state index in [0.29, 0.717) is 24.8 Å². The van der Waals surface area contributed by atoms with Crippen molar-refractivity contribution in [2.75, 3.05) is 26.5 Å². The maximum atomic E-state index is 12.2. The molecule has 0 amide bonds. The van der Waals surface area contributed by atoms with Crippen LogP contribution in [0.2, 0.25) is 0 Å². The minimum Gasteiger partial charge on any atom is -0.497 e. The first kappa shape index (κ1) is 21.4. The van der Waals surface area contributed by atoms with E-state index in [1.807, 2.05) is 54.6 Å². The number of nitrogens with zero attached hydrogens (tertiary/aromatic N) is 1. The average molecular weight is 473 g/mol. The molecule has 2 aromatic rings. The van der Waals surface area contributed by atoms with Crippen LogP contribution in [0.15, 0.2) is 64.5 Å². The van der Waals surface area contributed by atoms with Crippen molar-refractivity contribution in [2.24, 2.45) is 4.99 Å². The van der Waals surface area contributed by atoms with Gasteiger partial charge < -0.3 is 15.4 Å². The number of hydrogen-bond acceptors (Lipinski definition) is 3. The summed E-state index contributed by atoms with van der Waals surface area (Å²) in [5, 5.41) is 6.42. The number of hydrogen-bond donors (Lipinski definition) is 2. The average Bonchev–Trinajstić information content (AvgIpc) is 2.65. The maximum absolute atomic E-state index is 12.2. The number of rotatable bonds is 7. The van der Waals surface area contributed by atoms with E-state index in [9.17, 15) is 4.21 Å². The highest BCUT2D eigenvalue weighted by molar-refractivity contribution is 14.0. The molecule has 0 aromatic heterocycles. The Bertz CT molecular complexity index is 696.